The van der Waals surface area contributed by atoms with E-state index >= 15 is 0 Å². The molecule has 7 rings (SSSR count). The molecule has 0 radical (unpaired) electrons. The zero-order valence-corrected chi connectivity index (χ0v) is 40.4. The number of hydrogen-bond acceptors (Lipinski definition) is 14. The Morgan fingerprint density at radius 3 is 2.46 bits per heavy atom. The first-order valence-electron chi connectivity index (χ1n) is 24.5. The predicted molar refractivity (Wildman–Crippen MR) is 253 cm³/mol. The Labute approximate surface area is 410 Å². The van der Waals surface area contributed by atoms with Crippen LogP contribution in [0.25, 0.3) is 10.9 Å². The van der Waals surface area contributed by atoms with Gasteiger partial charge in [-0.3, -0.25) is 33.8 Å². The highest BCUT2D eigenvalue weighted by molar-refractivity contribution is 5.94. The number of rotatable bonds is 22. The second-order valence-electron chi connectivity index (χ2n) is 19.7. The Morgan fingerprint density at radius 1 is 0.986 bits per heavy atom. The lowest BCUT2D eigenvalue weighted by atomic mass is 9.72. The Kier molecular flexibility index (Phi) is 17.6. The van der Waals surface area contributed by atoms with Gasteiger partial charge in [-0.2, -0.15) is 18.7 Å². The third kappa shape index (κ3) is 13.0. The number of carbonyl (C=O) groups is 6. The van der Waals surface area contributed by atoms with Crippen molar-refractivity contribution >= 4 is 52.5 Å². The van der Waals surface area contributed by atoms with Crippen molar-refractivity contribution in [3.63, 3.8) is 0 Å². The van der Waals surface area contributed by atoms with Gasteiger partial charge < -0.3 is 46.3 Å². The molecule has 22 heteroatoms. The van der Waals surface area contributed by atoms with Gasteiger partial charge in [0, 0.05) is 62.2 Å². The summed E-state index contributed by atoms with van der Waals surface area (Å²) in [5.41, 5.74) is 7.25. The van der Waals surface area contributed by atoms with Gasteiger partial charge in [-0.1, -0.05) is 19.9 Å². The molecule has 2 aromatic heterocycles. The molecule has 0 spiro atoms. The molecule has 2 aliphatic carbocycles. The van der Waals surface area contributed by atoms with Crippen LogP contribution in [0.5, 0.6) is 0 Å². The van der Waals surface area contributed by atoms with Crippen molar-refractivity contribution in [3.8, 4) is 0 Å². The van der Waals surface area contributed by atoms with E-state index in [2.05, 4.69) is 55.5 Å². The van der Waals surface area contributed by atoms with E-state index < -0.39 is 41.2 Å². The maximum Gasteiger partial charge on any atom is 0.416 e. The van der Waals surface area contributed by atoms with Gasteiger partial charge in [0.05, 0.1) is 60.5 Å². The number of hydroxylamine groups is 1. The molecule has 7 N–H and O–H groups in total. The predicted octanol–water partition coefficient (Wildman–Crippen LogP) is 3.34. The fourth-order valence-electron chi connectivity index (χ4n) is 10.7. The van der Waals surface area contributed by atoms with Crippen LogP contribution in [-0.4, -0.2) is 137 Å². The quantitative estimate of drug-likeness (QED) is 0.0480. The monoisotopic (exact) mass is 994 g/mol. The van der Waals surface area contributed by atoms with Crippen molar-refractivity contribution in [3.05, 3.63) is 60.2 Å². The van der Waals surface area contributed by atoms with E-state index in [9.17, 15) is 41.9 Å². The fourth-order valence-corrected chi connectivity index (χ4v) is 10.7. The zero-order chi connectivity index (χ0) is 50.9. The topological polar surface area (TPSA) is 252 Å². The molecule has 0 unspecified atom stereocenters. The molecular formula is C49H66F3N11O8. The molecule has 4 fully saturated rings. The second-order valence-corrected chi connectivity index (χ2v) is 19.7. The smallest absolute Gasteiger partial charge is 0.378 e. The SMILES string of the molecule is CC(C)CN[C@@H]1CC[C@H](N2CC[C@H](Nc3ncnc4ccc(C(F)(F)F)cc34)C2=O)[C@H](NC(=O)C2CCC(NC(=O)CCOCCON[C@H](C=O)C[C@]3(C(N)=O)CC(=O)N(C)[C@H]3c3cccnc3)CC2)C1. The molecule has 2 aliphatic heterocycles. The highest BCUT2D eigenvalue weighted by Gasteiger charge is 2.56. The van der Waals surface area contributed by atoms with Crippen LogP contribution in [0.15, 0.2) is 49.1 Å². The number of primary amides is 1. The summed E-state index contributed by atoms with van der Waals surface area (Å²) in [6, 6.07) is 3.71. The number of halogens is 3. The van der Waals surface area contributed by atoms with E-state index in [4.69, 9.17) is 15.3 Å². The van der Waals surface area contributed by atoms with Crippen molar-refractivity contribution < 1.29 is 51.5 Å². The fraction of sp³-hybridized carbons (Fsp3) is 0.612. The van der Waals surface area contributed by atoms with Crippen molar-refractivity contribution in [1.82, 2.24) is 46.2 Å². The largest absolute Gasteiger partial charge is 0.416 e. The van der Waals surface area contributed by atoms with E-state index in [1.165, 1.54) is 17.3 Å². The summed E-state index contributed by atoms with van der Waals surface area (Å²) >= 11 is 0. The van der Waals surface area contributed by atoms with Gasteiger partial charge in [-0.05, 0) is 100 Å². The minimum absolute atomic E-state index is 0.0224. The molecule has 19 nitrogen and oxygen atoms in total. The molecule has 0 bridgehead atoms. The van der Waals surface area contributed by atoms with Crippen LogP contribution in [-0.2, 0) is 44.5 Å². The minimum Gasteiger partial charge on any atom is -0.378 e. The highest BCUT2D eigenvalue weighted by atomic mass is 19.4. The van der Waals surface area contributed by atoms with Crippen LogP contribution >= 0.6 is 0 Å². The molecule has 5 amide bonds. The number of carbonyl (C=O) groups excluding carboxylic acids is 6. The van der Waals surface area contributed by atoms with Crippen LogP contribution in [0, 0.1) is 17.3 Å². The van der Waals surface area contributed by atoms with Crippen LogP contribution in [0.1, 0.15) is 102 Å². The molecule has 4 heterocycles. The summed E-state index contributed by atoms with van der Waals surface area (Å²) in [4.78, 5) is 99.8. The Morgan fingerprint density at radius 2 is 1.76 bits per heavy atom. The Hall–Kier alpha value is -5.84. The van der Waals surface area contributed by atoms with Crippen molar-refractivity contribution in [1.29, 1.82) is 0 Å². The van der Waals surface area contributed by atoms with Crippen molar-refractivity contribution in [2.75, 3.05) is 45.3 Å². The molecule has 2 saturated heterocycles. The standard InChI is InChI=1S/C49H66F3N11O8/c1-29(2)25-55-34-11-13-40(63-17-14-38(46(63)68)59-44-36-21-32(49(50,51)52)8-12-37(36)56-28-57-44)39(22-34)60-45(67)30-6-9-33(10-7-30)58-41(65)15-18-70-19-20-71-61-35(27-64)23-48(47(53)69)24-42(66)62(3)43(48)31-5-4-16-54-26-31/h4-5,8,12,16,21,26-30,33-35,38-40,43,55,61H,6-7,9-11,13-15,17-20,22-25H2,1-3H3,(H2,53,69)(H,58,65)(H,60,67)(H,56,57,59)/t30?,33?,34-,35+,38+,39-,40+,43+,48+/m1/s1. The molecule has 4 aliphatic rings. The van der Waals surface area contributed by atoms with Crippen LogP contribution in [0.2, 0.25) is 0 Å². The van der Waals surface area contributed by atoms with Crippen LogP contribution < -0.4 is 32.5 Å². The second kappa shape index (κ2) is 23.6. The number of amides is 5. The number of aromatic nitrogens is 3. The average Bonchev–Trinajstić information content (AvgIpc) is 3.83. The number of ether oxygens (including phenoxy) is 1. The van der Waals surface area contributed by atoms with Gasteiger partial charge in [0.1, 0.15) is 24.5 Å². The van der Waals surface area contributed by atoms with Gasteiger partial charge in [-0.15, -0.1) is 0 Å². The lowest BCUT2D eigenvalue weighted by Gasteiger charge is -2.42. The van der Waals surface area contributed by atoms with E-state index in [0.29, 0.717) is 74.8 Å². The van der Waals surface area contributed by atoms with Gasteiger partial charge in [0.25, 0.3) is 0 Å². The number of pyridine rings is 1. The highest BCUT2D eigenvalue weighted by Crippen LogP contribution is 2.50. The van der Waals surface area contributed by atoms with Gasteiger partial charge in [0.2, 0.25) is 29.5 Å². The number of benzene rings is 1. The summed E-state index contributed by atoms with van der Waals surface area (Å²) in [5, 5.41) is 13.3. The van der Waals surface area contributed by atoms with Gasteiger partial charge in [0.15, 0.2) is 0 Å². The van der Waals surface area contributed by atoms with Crippen LogP contribution in [0.4, 0.5) is 19.0 Å². The maximum atomic E-state index is 14.0. The number of anilines is 1. The summed E-state index contributed by atoms with van der Waals surface area (Å²) in [6.07, 6.45) is 5.12. The van der Waals surface area contributed by atoms with Crippen molar-refractivity contribution in [2.24, 2.45) is 23.0 Å². The number of hydrogen-bond donors (Lipinski definition) is 6. The summed E-state index contributed by atoms with van der Waals surface area (Å²) < 4.78 is 46.4. The lowest BCUT2D eigenvalue weighted by molar-refractivity contribution is -0.137. The molecular weight excluding hydrogens is 928 g/mol. The number of alkyl halides is 3. The van der Waals surface area contributed by atoms with Gasteiger partial charge in [-0.25, -0.2) is 9.97 Å². The number of nitrogens with one attached hydrogen (secondary N) is 5. The first kappa shape index (κ1) is 53.0. The molecule has 3 aromatic rings. The summed E-state index contributed by atoms with van der Waals surface area (Å²) in [6.45, 7) is 5.71. The molecule has 386 valence electrons. The molecule has 71 heavy (non-hydrogen) atoms. The average molecular weight is 994 g/mol. The first-order chi connectivity index (χ1) is 34.0. The third-order valence-corrected chi connectivity index (χ3v) is 14.4. The molecule has 2 saturated carbocycles. The lowest BCUT2D eigenvalue weighted by Crippen LogP contribution is -2.59. The van der Waals surface area contributed by atoms with Gasteiger partial charge >= 0.3 is 6.18 Å². The van der Waals surface area contributed by atoms with E-state index in [-0.39, 0.29) is 104 Å². The molecule has 1 aromatic carbocycles. The summed E-state index contributed by atoms with van der Waals surface area (Å²) in [5.74, 6) is -1.18. The third-order valence-electron chi connectivity index (χ3n) is 14.4. The number of nitrogens with zero attached hydrogens (tertiary/aromatic N) is 5. The van der Waals surface area contributed by atoms with E-state index in [0.717, 1.165) is 25.1 Å². The van der Waals surface area contributed by atoms with Crippen LogP contribution in [0.3, 0.4) is 0 Å². The number of nitrogens with two attached hydrogens (primary N) is 1. The molecule has 7 atom stereocenters. The normalized spacial score (nSPS) is 26.4. The Bertz CT molecular complexity index is 2360. The first-order valence-corrected chi connectivity index (χ1v) is 24.5. The Balaban J connectivity index is 0.839. The number of aldehydes is 1. The maximum absolute atomic E-state index is 14.0. The summed E-state index contributed by atoms with van der Waals surface area (Å²) in [7, 11) is 1.58. The van der Waals surface area contributed by atoms with Crippen molar-refractivity contribution in [2.45, 2.75) is 133 Å². The minimum atomic E-state index is -4.56. The van der Waals surface area contributed by atoms with E-state index in [1.807, 2.05) is 0 Å². The van der Waals surface area contributed by atoms with E-state index in [1.54, 1.807) is 36.5 Å². The number of likely N-dealkylation sites (tertiary alicyclic amines) is 2. The number of fused-ring (bicyclic) bond motifs is 1. The zero-order valence-electron chi connectivity index (χ0n) is 40.4.